The number of ether oxygens (including phenoxy) is 11. The molecule has 796 valence electrons. The average molecular weight is 2100 g/mol. The van der Waals surface area contributed by atoms with E-state index in [1.54, 1.807) is 109 Å². The molecule has 11 heterocycles. The van der Waals surface area contributed by atoms with Gasteiger partial charge in [-0.3, -0.25) is 33.6 Å². The van der Waals surface area contributed by atoms with Crippen molar-refractivity contribution in [3.05, 3.63) is 189 Å². The summed E-state index contributed by atoms with van der Waals surface area (Å²) in [6.07, 6.45) is -10.5. The minimum absolute atomic E-state index is 0.00883. The van der Waals surface area contributed by atoms with E-state index in [2.05, 4.69) is 46.9 Å². The van der Waals surface area contributed by atoms with Crippen molar-refractivity contribution >= 4 is 51.4 Å². The lowest BCUT2D eigenvalue weighted by Crippen LogP contribution is -2.67. The first-order valence-electron chi connectivity index (χ1n) is 48.9. The van der Waals surface area contributed by atoms with Gasteiger partial charge in [0.2, 0.25) is 78.6 Å². The second-order valence-electron chi connectivity index (χ2n) is 41.1. The smallest absolute Gasteiger partial charge is 0.306 e. The van der Waals surface area contributed by atoms with Crippen LogP contribution < -0.4 is 89.7 Å². The Morgan fingerprint density at radius 2 is 0.747 bits per heavy atom. The summed E-state index contributed by atoms with van der Waals surface area (Å²) in [6, 6.07) is 27.9. The topological polar surface area (TPSA) is 700 Å². The fourth-order valence-electron chi connectivity index (χ4n) is 24.1. The number of aromatic nitrogens is 3. The Morgan fingerprint density at radius 3 is 1.15 bits per heavy atom. The molecule has 0 unspecified atom stereocenters. The third kappa shape index (κ3) is 17.6. The number of carbonyl (C=O) groups excluding carboxylic acids is 7. The fraction of sp³-hybridized carbons (Fsp3) is 0.447. The zero-order chi connectivity index (χ0) is 107. The van der Waals surface area contributed by atoms with Gasteiger partial charge in [-0.25, -0.2) is 17.8 Å². The van der Waals surface area contributed by atoms with Crippen LogP contribution in [0.3, 0.4) is 0 Å². The summed E-state index contributed by atoms with van der Waals surface area (Å²) in [5.74, 6) is -9.21. The summed E-state index contributed by atoms with van der Waals surface area (Å²) in [4.78, 5) is 89.4. The number of hydrogen-bond donors (Lipinski definition) is 23. The largest absolute Gasteiger partial charge is 0.504 e. The number of fused-ring (bicyclic) bond motifs is 20. The van der Waals surface area contributed by atoms with Gasteiger partial charge in [-0.2, -0.15) is 0 Å². The van der Waals surface area contributed by atoms with Crippen LogP contribution in [0.25, 0.3) is 11.3 Å². The highest BCUT2D eigenvalue weighted by Gasteiger charge is 2.61. The lowest BCUT2D eigenvalue weighted by molar-refractivity contribution is -0.161. The minimum Gasteiger partial charge on any atom is -0.504 e. The molecule has 0 saturated heterocycles. The summed E-state index contributed by atoms with van der Waals surface area (Å²) < 4.78 is 89.0. The number of carbonyl (C=O) groups is 7. The van der Waals surface area contributed by atoms with Crippen molar-refractivity contribution in [3.8, 4) is 97.5 Å². The molecule has 1 aromatic heterocycles. The summed E-state index contributed by atoms with van der Waals surface area (Å²) in [6.45, 7) is 13.5. The average Bonchev–Trinajstić information content (AvgIpc) is 1.52. The standard InChI is InChI=1S/C23H22N4O6.C23H24N2O7.C21H22N2O8S.C21H27NO8.C15H18N2O6/c1-10-17-15(12-7-14-22(33-9-32-14)20(29)16(12)23(31)25-17)18(21(30)19(10)28)27-13(8-24-26-27)11-5-3-2-4-6-11;1-10-17-15(12-8-13-22(32-9-31-13)20(28)16(12)23(30)25-17)18(21(29)19(10)27)24-14(26)7-11-5-3-2-4-6-11;1-9-15-13(11-7-12-20(31-8-30-12)18(25)14(11)21(27)22-15)16(19(26)17(9)24)23-32(28,29)10-5-3-2-4-6-10;1-8-15-13(10(17(25)16(8)24)6-12(23)30-21(2,3)4)9-5-11-19(29-7-28-11)18(26)14(9)20(27)22-15;1-4-10-7(9(16)13(20)11(4)18)5-2-6-14(23-3-22-6)12(19)8(5)15(21)17-10/h2-8,10,15,17-19,21,28-30H,9H2,1H3,(H,25,31);2-6,8,10,15,17-19,21,27-29H,7,9H2,1H3,(H,24,26)(H,25,30);2-7,9,13,15-17,19,23-26H,8H2,1H3,(H,22,27);5,8,10,13,15-17,24-26H,6-7H2,1-4H3,(H,22,27);2,4,7,9-11,13,18-20H,3,16H2,1H3,(H,17,21)/t2*10-,15+,17-,18+,19-,21-;9-,13+,15-,16+,17-,19-;8-,10+,13-,15-,16-,17-;4-,7-,9+,10-,11-,13-/m00000/s1. The molecule has 10 aliphatic heterocycles. The van der Waals surface area contributed by atoms with E-state index in [1.165, 1.54) is 18.2 Å². The Labute approximate surface area is 854 Å². The lowest BCUT2D eigenvalue weighted by Gasteiger charge is -2.50. The van der Waals surface area contributed by atoms with Gasteiger partial charge in [-0.05, 0) is 96.6 Å². The Hall–Kier alpha value is -14.3. The quantitative estimate of drug-likeness (QED) is 0.0866. The maximum atomic E-state index is 13.1. The number of benzene rings is 8. The zero-order valence-electron chi connectivity index (χ0n) is 81.6. The van der Waals surface area contributed by atoms with Gasteiger partial charge in [-0.1, -0.05) is 119 Å². The van der Waals surface area contributed by atoms with E-state index in [-0.39, 0.29) is 155 Å². The Bertz CT molecular complexity index is 6970. The number of rotatable bonds is 10. The van der Waals surface area contributed by atoms with Gasteiger partial charge in [-0.15, -0.1) is 5.10 Å². The van der Waals surface area contributed by atoms with Crippen LogP contribution in [0, 0.1) is 35.5 Å². The molecule has 24 N–H and O–H groups in total. The first kappa shape index (κ1) is 103. The Kier molecular flexibility index (Phi) is 27.1. The molecule has 15 aliphatic rings. The molecule has 0 spiro atoms. The number of hydrogen-bond acceptors (Lipinski definition) is 38. The van der Waals surface area contributed by atoms with E-state index in [0.29, 0.717) is 50.8 Å². The molecule has 5 fully saturated rings. The maximum Gasteiger partial charge on any atom is 0.306 e. The van der Waals surface area contributed by atoms with Crippen LogP contribution in [0.1, 0.15) is 183 Å². The fourth-order valence-corrected chi connectivity index (χ4v) is 25.4. The molecule has 47 heteroatoms. The highest BCUT2D eigenvalue weighted by molar-refractivity contribution is 7.89. The van der Waals surface area contributed by atoms with Crippen LogP contribution in [0.5, 0.6) is 86.2 Å². The number of esters is 1. The van der Waals surface area contributed by atoms with E-state index in [1.807, 2.05) is 60.7 Å². The number of aromatic hydroxyl groups is 5. The number of sulfonamides is 1. The Balaban J connectivity index is 0.000000114. The SMILES string of the molecule is C[C@@H]1[C@H](O)[C@@H](O)[C@H](CC(=O)OC(C)(C)C)[C@@H]2c3cc4c(c(O)c3C(=O)N[C@@H]12)OCO4.C[C@@H]1[C@H](O)[C@@H](O)[C@H](N)[C@@H]2c3cc4c(c(O)c3C(=O)N[C@@H]12)OCO4.C[C@@H]1[C@H](O)[C@@H](O)[C@H](NC(=O)Cc2ccccc2)[C@@H]2c3cc4c(c(O)c3C(=O)N[C@@H]12)OCO4.C[C@@H]1[C@H](O)[C@@H](O)[C@H](NS(=O)(=O)c2ccccc2)[C@@H]2c3cc4c(c(O)c3C(=O)N[C@@H]12)OCO4.C[C@@H]1[C@H](O)[C@@H](O)[C@H](n2nncc2-c2ccccc2)[C@@H]2c3cc4c(c(O)c3C(=O)N[C@@H]12)OCO4. The first-order chi connectivity index (χ1) is 71.4. The predicted octanol–water partition coefficient (Wildman–Crippen LogP) is 1.69. The zero-order valence-corrected chi connectivity index (χ0v) is 82.4. The number of nitrogens with one attached hydrogen (secondary N) is 7. The number of nitrogens with zero attached hydrogens (tertiary/aromatic N) is 3. The highest BCUT2D eigenvalue weighted by atomic mass is 32.2. The molecule has 9 aromatic rings. The second-order valence-corrected chi connectivity index (χ2v) is 42.8. The number of nitrogens with two attached hydrogens (primary N) is 1. The van der Waals surface area contributed by atoms with Crippen molar-refractivity contribution in [2.24, 2.45) is 41.2 Å². The van der Waals surface area contributed by atoms with Gasteiger partial charge in [0, 0.05) is 107 Å². The molecular weight excluding hydrogens is 1980 g/mol. The van der Waals surface area contributed by atoms with Gasteiger partial charge in [0.25, 0.3) is 29.5 Å². The van der Waals surface area contributed by atoms with Crippen molar-refractivity contribution in [1.82, 2.24) is 51.6 Å². The van der Waals surface area contributed by atoms with Crippen molar-refractivity contribution < 1.29 is 171 Å². The minimum atomic E-state index is -4.07. The third-order valence-corrected chi connectivity index (χ3v) is 33.0. The molecule has 0 radical (unpaired) electrons. The number of phenolic OH excluding ortho intramolecular Hbond substituents is 5. The molecule has 30 atom stereocenters. The highest BCUT2D eigenvalue weighted by Crippen LogP contribution is 2.60. The van der Waals surface area contributed by atoms with Gasteiger partial charge in [0.15, 0.2) is 57.5 Å². The van der Waals surface area contributed by atoms with Crippen LogP contribution >= 0.6 is 0 Å². The number of aliphatic hydroxyl groups excluding tert-OH is 10. The van der Waals surface area contributed by atoms with Crippen molar-refractivity contribution in [2.75, 3.05) is 34.0 Å². The molecule has 5 saturated carbocycles. The maximum absolute atomic E-state index is 13.1. The monoisotopic (exact) mass is 2100 g/mol. The third-order valence-electron chi connectivity index (χ3n) is 31.5. The van der Waals surface area contributed by atoms with Crippen LogP contribution in [0.15, 0.2) is 132 Å². The van der Waals surface area contributed by atoms with Crippen LogP contribution in [0.2, 0.25) is 0 Å². The predicted molar refractivity (Wildman–Crippen MR) is 516 cm³/mol. The number of phenols is 5. The molecule has 5 aliphatic carbocycles. The molecule has 6 amide bonds. The van der Waals surface area contributed by atoms with E-state index in [4.69, 9.17) is 57.8 Å². The number of amides is 6. The molecule has 24 rings (SSSR count). The summed E-state index contributed by atoms with van der Waals surface area (Å²) in [5, 5.41) is 186. The van der Waals surface area contributed by atoms with Crippen LogP contribution in [0.4, 0.5) is 0 Å². The number of aliphatic hydroxyl groups is 10. The van der Waals surface area contributed by atoms with Gasteiger partial charge >= 0.3 is 5.97 Å². The second kappa shape index (κ2) is 39.5. The van der Waals surface area contributed by atoms with Crippen molar-refractivity contribution in [3.63, 3.8) is 0 Å². The molecular formula is C103H113N11O35S. The summed E-state index contributed by atoms with van der Waals surface area (Å²) in [7, 11) is -4.07. The molecule has 150 heavy (non-hydrogen) atoms. The van der Waals surface area contributed by atoms with Crippen LogP contribution in [-0.2, 0) is 30.8 Å². The lowest BCUT2D eigenvalue weighted by atomic mass is 9.62. The first-order valence-corrected chi connectivity index (χ1v) is 50.4. The van der Waals surface area contributed by atoms with E-state index < -0.39 is 231 Å². The molecule has 0 bridgehead atoms. The summed E-state index contributed by atoms with van der Waals surface area (Å²) >= 11 is 0. The molecule has 46 nitrogen and oxygen atoms in total. The Morgan fingerprint density at radius 1 is 0.420 bits per heavy atom. The van der Waals surface area contributed by atoms with Gasteiger partial charge in [0.1, 0.15) is 17.8 Å². The van der Waals surface area contributed by atoms with E-state index >= 15 is 0 Å². The van der Waals surface area contributed by atoms with E-state index in [0.717, 1.165) is 11.1 Å². The van der Waals surface area contributed by atoms with Gasteiger partial charge in [0.05, 0.1) is 124 Å². The van der Waals surface area contributed by atoms with Gasteiger partial charge < -0.3 is 166 Å². The summed E-state index contributed by atoms with van der Waals surface area (Å²) in [5.41, 5.74) is 10.1. The van der Waals surface area contributed by atoms with Crippen molar-refractivity contribution in [1.29, 1.82) is 0 Å². The molecule has 8 aromatic carbocycles. The van der Waals surface area contributed by atoms with Crippen LogP contribution in [-0.4, -0.2) is 290 Å². The normalized spacial score (nSPS) is 31.8. The van der Waals surface area contributed by atoms with Crippen molar-refractivity contribution in [2.45, 2.75) is 224 Å². The van der Waals surface area contributed by atoms with E-state index in [9.17, 15) is 119 Å².